The fourth-order valence-electron chi connectivity index (χ4n) is 1.58. The number of hydrogen-bond acceptors (Lipinski definition) is 0. The summed E-state index contributed by atoms with van der Waals surface area (Å²) >= 11 is 0. The molecule has 0 saturated carbocycles. The monoisotopic (exact) mass is 234 g/mol. The summed E-state index contributed by atoms with van der Waals surface area (Å²) in [7, 11) is 0. The van der Waals surface area contributed by atoms with Gasteiger partial charge in [-0.2, -0.15) is 0 Å². The number of rotatable bonds is 8. The Bertz CT molecular complexity index is 235. The second kappa shape index (κ2) is 10.4. The maximum atomic E-state index is 2.32. The van der Waals surface area contributed by atoms with E-state index in [9.17, 15) is 0 Å². The summed E-state index contributed by atoms with van der Waals surface area (Å²) in [4.78, 5) is 0. The third-order valence-corrected chi connectivity index (χ3v) is 2.58. The highest BCUT2D eigenvalue weighted by molar-refractivity contribution is 4.96. The molecule has 0 unspecified atom stereocenters. The van der Waals surface area contributed by atoms with Crippen LogP contribution in [-0.2, 0) is 0 Å². The normalized spacial score (nSPS) is 13.4. The van der Waals surface area contributed by atoms with E-state index in [1.807, 2.05) is 0 Å². The van der Waals surface area contributed by atoms with Crippen LogP contribution in [0.5, 0.6) is 0 Å². The van der Waals surface area contributed by atoms with Crippen molar-refractivity contribution < 1.29 is 0 Å². The molecule has 0 aliphatic heterocycles. The first kappa shape index (κ1) is 16.2. The summed E-state index contributed by atoms with van der Waals surface area (Å²) in [5.74, 6) is 0. The van der Waals surface area contributed by atoms with Crippen molar-refractivity contribution in [3.8, 4) is 0 Å². The van der Waals surface area contributed by atoms with Crippen LogP contribution in [0.25, 0.3) is 0 Å². The molecule has 0 amide bonds. The fraction of sp³-hybridized carbons (Fsp3) is 0.647. The van der Waals surface area contributed by atoms with Crippen molar-refractivity contribution >= 4 is 0 Å². The minimum atomic E-state index is 0.485. The molecule has 0 N–H and O–H groups in total. The molecule has 0 aromatic rings. The Kier molecular flexibility index (Phi) is 9.90. The lowest BCUT2D eigenvalue weighted by atomic mass is 9.90. The van der Waals surface area contributed by atoms with Gasteiger partial charge in [0, 0.05) is 0 Å². The lowest BCUT2D eigenvalue weighted by Gasteiger charge is -2.16. The highest BCUT2D eigenvalue weighted by atomic mass is 14.1. The molecule has 0 rings (SSSR count). The molecule has 0 aliphatic carbocycles. The van der Waals surface area contributed by atoms with Gasteiger partial charge in [-0.05, 0) is 43.9 Å². The van der Waals surface area contributed by atoms with Crippen molar-refractivity contribution in [1.82, 2.24) is 0 Å². The van der Waals surface area contributed by atoms with Gasteiger partial charge in [0.1, 0.15) is 0 Å². The van der Waals surface area contributed by atoms with Crippen molar-refractivity contribution in [3.63, 3.8) is 0 Å². The highest BCUT2D eigenvalue weighted by Gasteiger charge is 2.07. The summed E-state index contributed by atoms with van der Waals surface area (Å²) in [6.07, 6.45) is 20.7. The molecule has 0 radical (unpaired) electrons. The van der Waals surface area contributed by atoms with E-state index in [2.05, 4.69) is 64.2 Å². The van der Waals surface area contributed by atoms with Crippen molar-refractivity contribution in [3.05, 3.63) is 36.5 Å². The zero-order chi connectivity index (χ0) is 13.0. The van der Waals surface area contributed by atoms with E-state index in [1.165, 1.54) is 19.3 Å². The number of hydrogen-bond donors (Lipinski definition) is 0. The van der Waals surface area contributed by atoms with E-state index in [0.717, 1.165) is 19.3 Å². The average Bonchev–Trinajstić information content (AvgIpc) is 2.24. The highest BCUT2D eigenvalue weighted by Crippen LogP contribution is 2.21. The smallest absolute Gasteiger partial charge is 0.0169 e. The van der Waals surface area contributed by atoms with Gasteiger partial charge in [-0.1, -0.05) is 64.2 Å². The molecule has 0 heterocycles. The number of allylic oxidation sites excluding steroid dienone is 6. The first-order valence-corrected chi connectivity index (χ1v) is 7.01. The van der Waals surface area contributed by atoms with Crippen LogP contribution < -0.4 is 0 Å². The van der Waals surface area contributed by atoms with Gasteiger partial charge in [-0.15, -0.1) is 0 Å². The Hall–Kier alpha value is -0.780. The number of unbranched alkanes of at least 4 members (excludes halogenated alkanes) is 1. The van der Waals surface area contributed by atoms with Gasteiger partial charge in [-0.25, -0.2) is 0 Å². The maximum absolute atomic E-state index is 2.32. The molecule has 0 bridgehead atoms. The third-order valence-electron chi connectivity index (χ3n) is 2.58. The van der Waals surface area contributed by atoms with Crippen LogP contribution in [-0.4, -0.2) is 0 Å². The zero-order valence-corrected chi connectivity index (χ0v) is 12.2. The Morgan fingerprint density at radius 3 is 1.82 bits per heavy atom. The van der Waals surface area contributed by atoms with Crippen LogP contribution in [0.1, 0.15) is 66.2 Å². The molecule has 0 aromatic heterocycles. The average molecular weight is 234 g/mol. The zero-order valence-electron chi connectivity index (χ0n) is 12.2. The fourth-order valence-corrected chi connectivity index (χ4v) is 1.58. The molecule has 0 nitrogen and oxygen atoms in total. The molecule has 0 fully saturated rings. The maximum Gasteiger partial charge on any atom is -0.0169 e. The molecule has 0 saturated heterocycles. The van der Waals surface area contributed by atoms with E-state index in [4.69, 9.17) is 0 Å². The van der Waals surface area contributed by atoms with Gasteiger partial charge in [0.05, 0.1) is 0 Å². The van der Waals surface area contributed by atoms with Crippen LogP contribution in [0.2, 0.25) is 0 Å². The van der Waals surface area contributed by atoms with Gasteiger partial charge in [0.25, 0.3) is 0 Å². The Balaban J connectivity index is 3.39. The Labute approximate surface area is 109 Å². The van der Waals surface area contributed by atoms with E-state index in [1.54, 1.807) is 0 Å². The Morgan fingerprint density at radius 1 is 0.765 bits per heavy atom. The molecule has 0 aliphatic rings. The SMILES string of the molecule is CC/C=C\C/C=C\C/C=C\CCCC(C)(C)C. The van der Waals surface area contributed by atoms with E-state index in [-0.39, 0.29) is 0 Å². The van der Waals surface area contributed by atoms with Crippen molar-refractivity contribution in [2.24, 2.45) is 5.41 Å². The lowest BCUT2D eigenvalue weighted by molar-refractivity contribution is 0.367. The van der Waals surface area contributed by atoms with Crippen molar-refractivity contribution in [2.75, 3.05) is 0 Å². The molecular weight excluding hydrogens is 204 g/mol. The second-order valence-electron chi connectivity index (χ2n) is 5.75. The summed E-state index contributed by atoms with van der Waals surface area (Å²) in [6.45, 7) is 9.09. The minimum Gasteiger partial charge on any atom is -0.0885 e. The molecule has 0 spiro atoms. The summed E-state index contributed by atoms with van der Waals surface area (Å²) in [6, 6.07) is 0. The summed E-state index contributed by atoms with van der Waals surface area (Å²) < 4.78 is 0. The van der Waals surface area contributed by atoms with Crippen molar-refractivity contribution in [1.29, 1.82) is 0 Å². The largest absolute Gasteiger partial charge is 0.0885 e. The molecule has 98 valence electrons. The van der Waals surface area contributed by atoms with Crippen LogP contribution >= 0.6 is 0 Å². The molecule has 0 aromatic carbocycles. The van der Waals surface area contributed by atoms with Gasteiger partial charge < -0.3 is 0 Å². The van der Waals surface area contributed by atoms with Gasteiger partial charge in [0.2, 0.25) is 0 Å². The molecule has 0 atom stereocenters. The third kappa shape index (κ3) is 15.2. The van der Waals surface area contributed by atoms with Crippen LogP contribution in [0.15, 0.2) is 36.5 Å². The predicted octanol–water partition coefficient (Wildman–Crippen LogP) is 6.06. The van der Waals surface area contributed by atoms with Gasteiger partial charge in [0.15, 0.2) is 0 Å². The van der Waals surface area contributed by atoms with Gasteiger partial charge in [-0.3, -0.25) is 0 Å². The predicted molar refractivity (Wildman–Crippen MR) is 80.3 cm³/mol. The minimum absolute atomic E-state index is 0.485. The first-order valence-electron chi connectivity index (χ1n) is 7.01. The van der Waals surface area contributed by atoms with Crippen molar-refractivity contribution in [2.45, 2.75) is 66.2 Å². The van der Waals surface area contributed by atoms with Gasteiger partial charge >= 0.3 is 0 Å². The van der Waals surface area contributed by atoms with E-state index in [0.29, 0.717) is 5.41 Å². The topological polar surface area (TPSA) is 0 Å². The second-order valence-corrected chi connectivity index (χ2v) is 5.75. The van der Waals surface area contributed by atoms with Crippen LogP contribution in [0.4, 0.5) is 0 Å². The molecule has 17 heavy (non-hydrogen) atoms. The Morgan fingerprint density at radius 2 is 1.29 bits per heavy atom. The van der Waals surface area contributed by atoms with Crippen LogP contribution in [0.3, 0.4) is 0 Å². The van der Waals surface area contributed by atoms with Crippen LogP contribution in [0, 0.1) is 5.41 Å². The standard InChI is InChI=1S/C17H30/c1-5-6-7-8-9-10-11-12-13-14-15-16-17(2,3)4/h6-7,9-10,12-13H,5,8,11,14-16H2,1-4H3/b7-6-,10-9-,13-12-. The lowest BCUT2D eigenvalue weighted by Crippen LogP contribution is -2.03. The molecular formula is C17H30. The van der Waals surface area contributed by atoms with E-state index < -0.39 is 0 Å². The van der Waals surface area contributed by atoms with E-state index >= 15 is 0 Å². The summed E-state index contributed by atoms with van der Waals surface area (Å²) in [5, 5.41) is 0. The molecule has 0 heteroatoms. The first-order chi connectivity index (χ1) is 8.06. The quantitative estimate of drug-likeness (QED) is 0.353. The summed E-state index contributed by atoms with van der Waals surface area (Å²) in [5.41, 5.74) is 0.485.